The van der Waals surface area contributed by atoms with Gasteiger partial charge in [0.2, 0.25) is 0 Å². The van der Waals surface area contributed by atoms with Gasteiger partial charge in [-0.25, -0.2) is 0 Å². The average Bonchev–Trinajstić information content (AvgIpc) is 2.04. The van der Waals surface area contributed by atoms with Crippen molar-refractivity contribution in [3.8, 4) is 0 Å². The molecule has 2 nitrogen and oxygen atoms in total. The van der Waals surface area contributed by atoms with E-state index in [0.29, 0.717) is 0 Å². The molecule has 0 saturated carbocycles. The number of ketones is 2. The number of hydrogen-bond donors (Lipinski definition) is 0. The second kappa shape index (κ2) is 4.29. The van der Waals surface area contributed by atoms with Crippen molar-refractivity contribution in [1.82, 2.24) is 0 Å². The molecule has 1 aliphatic carbocycles. The molecule has 16 heavy (non-hydrogen) atoms. The fraction of sp³-hybridized carbons (Fsp3) is 0.500. The molecule has 0 saturated heterocycles. The minimum atomic E-state index is -2.18. The van der Waals surface area contributed by atoms with E-state index < -0.39 is 26.5 Å². The van der Waals surface area contributed by atoms with Crippen LogP contribution in [0.25, 0.3) is 0 Å². The fourth-order valence-electron chi connectivity index (χ4n) is 1.73. The normalized spacial score (nSPS) is 18.4. The summed E-state index contributed by atoms with van der Waals surface area (Å²) >= 11 is -4.37. The topological polar surface area (TPSA) is 34.1 Å². The molecule has 1 rings (SSSR count). The van der Waals surface area contributed by atoms with Crippen LogP contribution in [0.3, 0.4) is 0 Å². The predicted molar refractivity (Wildman–Crippen MR) is 72.9 cm³/mol. The van der Waals surface area contributed by atoms with E-state index in [-0.39, 0.29) is 11.6 Å². The Balaban J connectivity index is 3.17. The Bertz CT molecular complexity index is 364. The van der Waals surface area contributed by atoms with Crippen LogP contribution in [-0.4, -0.2) is 38.1 Å². The van der Waals surface area contributed by atoms with E-state index in [1.807, 2.05) is 0 Å². The van der Waals surface area contributed by atoms with Crippen LogP contribution in [0, 0.1) is 0 Å². The van der Waals surface area contributed by atoms with Crippen LogP contribution in [0.4, 0.5) is 0 Å². The number of allylic oxidation sites excluding steroid dienone is 4. The summed E-state index contributed by atoms with van der Waals surface area (Å²) in [4.78, 5) is 24.0. The number of hydrogen-bond acceptors (Lipinski definition) is 2. The quantitative estimate of drug-likeness (QED) is 0.572. The van der Waals surface area contributed by atoms with Gasteiger partial charge in [0.1, 0.15) is 0 Å². The standard InChI is InChI=1S/C12H20Ge2O2/c1-13(2,3)9-7-12(16)10(8-11(9)15)14(4,5)6/h7-8H,1-6H3. The van der Waals surface area contributed by atoms with E-state index in [1.165, 1.54) is 0 Å². The van der Waals surface area contributed by atoms with Crippen molar-refractivity contribution in [2.75, 3.05) is 0 Å². The number of carbonyl (C=O) groups excluding carboxylic acids is 2. The van der Waals surface area contributed by atoms with Crippen LogP contribution in [0.5, 0.6) is 0 Å². The monoisotopic (exact) mass is 344 g/mol. The van der Waals surface area contributed by atoms with Gasteiger partial charge in [0.25, 0.3) is 0 Å². The summed E-state index contributed by atoms with van der Waals surface area (Å²) in [6, 6.07) is 0. The number of rotatable bonds is 2. The molecule has 0 N–H and O–H groups in total. The van der Waals surface area contributed by atoms with E-state index in [0.717, 1.165) is 8.81 Å². The van der Waals surface area contributed by atoms with Crippen molar-refractivity contribution in [2.45, 2.75) is 34.5 Å². The van der Waals surface area contributed by atoms with Crippen molar-refractivity contribution < 1.29 is 9.59 Å². The molecule has 0 spiro atoms. The third kappa shape index (κ3) is 2.97. The molecular formula is C12H20Ge2O2. The third-order valence-corrected chi connectivity index (χ3v) is 11.1. The molecule has 0 aliphatic heterocycles. The molecule has 0 amide bonds. The van der Waals surface area contributed by atoms with Crippen LogP contribution in [-0.2, 0) is 9.59 Å². The molecule has 0 atom stereocenters. The van der Waals surface area contributed by atoms with E-state index in [1.54, 1.807) is 12.2 Å². The van der Waals surface area contributed by atoms with Gasteiger partial charge in [-0.15, -0.1) is 0 Å². The summed E-state index contributed by atoms with van der Waals surface area (Å²) in [5.74, 6) is 13.1. The summed E-state index contributed by atoms with van der Waals surface area (Å²) in [6.45, 7) is 0. The fourth-order valence-corrected chi connectivity index (χ4v) is 7.50. The third-order valence-electron chi connectivity index (χ3n) is 2.70. The zero-order chi connectivity index (χ0) is 12.7. The van der Waals surface area contributed by atoms with Gasteiger partial charge in [-0.1, -0.05) is 0 Å². The van der Waals surface area contributed by atoms with Gasteiger partial charge in [-0.2, -0.15) is 0 Å². The maximum atomic E-state index is 12.0. The van der Waals surface area contributed by atoms with Crippen LogP contribution >= 0.6 is 0 Å². The second-order valence-corrected chi connectivity index (χ2v) is 27.5. The van der Waals surface area contributed by atoms with Gasteiger partial charge in [-0.05, 0) is 0 Å². The van der Waals surface area contributed by atoms with E-state index in [9.17, 15) is 9.59 Å². The Hall–Kier alpha value is -0.0943. The molecule has 0 aromatic rings. The zero-order valence-corrected chi connectivity index (χ0v) is 15.2. The van der Waals surface area contributed by atoms with E-state index in [2.05, 4.69) is 34.5 Å². The first-order valence-corrected chi connectivity index (χ1v) is 20.2. The molecule has 0 aromatic heterocycles. The molecular weight excluding hydrogens is 321 g/mol. The maximum absolute atomic E-state index is 12.0. The summed E-state index contributed by atoms with van der Waals surface area (Å²) in [7, 11) is 0. The predicted octanol–water partition coefficient (Wildman–Crippen LogP) is 2.75. The van der Waals surface area contributed by atoms with Crippen LogP contribution in [0.1, 0.15) is 0 Å². The molecule has 0 fully saturated rings. The average molecular weight is 342 g/mol. The first kappa shape index (κ1) is 14.0. The van der Waals surface area contributed by atoms with E-state index >= 15 is 0 Å². The summed E-state index contributed by atoms with van der Waals surface area (Å²) < 4.78 is 1.64. The van der Waals surface area contributed by atoms with Crippen molar-refractivity contribution in [1.29, 1.82) is 0 Å². The SMILES string of the molecule is [CH3][Ge]([CH3])([CH3])[C]1=CC(=O)[C]([Ge]([CH3])([CH3])[CH3])=CC1=O. The zero-order valence-electron chi connectivity index (χ0n) is 11.0. The summed E-state index contributed by atoms with van der Waals surface area (Å²) in [5.41, 5.74) is 0. The van der Waals surface area contributed by atoms with Crippen molar-refractivity contribution in [3.05, 3.63) is 21.0 Å². The van der Waals surface area contributed by atoms with Crippen molar-refractivity contribution in [3.63, 3.8) is 0 Å². The molecule has 0 radical (unpaired) electrons. The molecule has 88 valence electrons. The van der Waals surface area contributed by atoms with Gasteiger partial charge in [0.05, 0.1) is 0 Å². The van der Waals surface area contributed by atoms with Gasteiger partial charge in [0.15, 0.2) is 0 Å². The molecule has 0 bridgehead atoms. The van der Waals surface area contributed by atoms with Crippen LogP contribution in [0.15, 0.2) is 21.0 Å². The molecule has 4 heteroatoms. The first-order chi connectivity index (χ1) is 7.03. The molecule has 0 heterocycles. The van der Waals surface area contributed by atoms with Gasteiger partial charge in [-0.3, -0.25) is 0 Å². The second-order valence-electron chi connectivity index (χ2n) is 6.34. The molecule has 1 aliphatic rings. The molecule has 0 unspecified atom stereocenters. The van der Waals surface area contributed by atoms with Crippen LogP contribution < -0.4 is 0 Å². The Morgan fingerprint density at radius 1 is 0.688 bits per heavy atom. The van der Waals surface area contributed by atoms with Crippen molar-refractivity contribution >= 4 is 38.1 Å². The Morgan fingerprint density at radius 3 is 1.12 bits per heavy atom. The van der Waals surface area contributed by atoms with Gasteiger partial charge >= 0.3 is 103 Å². The Kier molecular flexibility index (Phi) is 3.75. The Labute approximate surface area is 103 Å². The number of carbonyl (C=O) groups is 2. The van der Waals surface area contributed by atoms with E-state index in [4.69, 9.17) is 0 Å². The van der Waals surface area contributed by atoms with Gasteiger partial charge in [0, 0.05) is 0 Å². The van der Waals surface area contributed by atoms with Crippen LogP contribution in [0.2, 0.25) is 34.5 Å². The summed E-state index contributed by atoms with van der Waals surface area (Å²) in [6.07, 6.45) is 3.27. The Morgan fingerprint density at radius 2 is 0.938 bits per heavy atom. The van der Waals surface area contributed by atoms with Crippen molar-refractivity contribution in [2.24, 2.45) is 0 Å². The molecule has 0 aromatic carbocycles. The summed E-state index contributed by atoms with van der Waals surface area (Å²) in [5, 5.41) is 0. The minimum absolute atomic E-state index is 0.0997. The first-order valence-electron chi connectivity index (χ1n) is 5.56. The van der Waals surface area contributed by atoms with Gasteiger partial charge < -0.3 is 0 Å².